The van der Waals surface area contributed by atoms with Crippen LogP contribution in [0.2, 0.25) is 0 Å². The standard InChI is InChI=1S/C28H50/c1-8-19(2)9-11-21-12-14-23-25(16-21)28(18-27(23,6)7)17-26(4,5)22-13-10-20(3)15-24(22)28/h19-25H,8-18H2,1-7H3. The van der Waals surface area contributed by atoms with Crippen LogP contribution in [0.3, 0.4) is 0 Å². The lowest BCUT2D eigenvalue weighted by Gasteiger charge is -2.47. The zero-order valence-electron chi connectivity index (χ0n) is 20.3. The third-order valence-corrected chi connectivity index (χ3v) is 10.9. The highest BCUT2D eigenvalue weighted by molar-refractivity contribution is 5.16. The summed E-state index contributed by atoms with van der Waals surface area (Å²) in [6.07, 6.45) is 16.7. The molecule has 4 aliphatic rings. The van der Waals surface area contributed by atoms with Crippen LogP contribution in [0.1, 0.15) is 119 Å². The highest BCUT2D eigenvalue weighted by Gasteiger charge is 2.67. The molecule has 4 saturated carbocycles. The molecule has 4 rings (SSSR count). The van der Waals surface area contributed by atoms with Gasteiger partial charge in [-0.2, -0.15) is 0 Å². The molecular formula is C28H50. The van der Waals surface area contributed by atoms with Crippen molar-refractivity contribution >= 4 is 0 Å². The number of hydrogen-bond donors (Lipinski definition) is 0. The van der Waals surface area contributed by atoms with Crippen LogP contribution < -0.4 is 0 Å². The molecule has 0 aromatic heterocycles. The van der Waals surface area contributed by atoms with Gasteiger partial charge in [-0.05, 0) is 96.2 Å². The van der Waals surface area contributed by atoms with Gasteiger partial charge in [0.25, 0.3) is 0 Å². The van der Waals surface area contributed by atoms with E-state index in [0.29, 0.717) is 16.2 Å². The molecule has 8 atom stereocenters. The zero-order chi connectivity index (χ0) is 20.3. The monoisotopic (exact) mass is 386 g/mol. The summed E-state index contributed by atoms with van der Waals surface area (Å²) < 4.78 is 0. The molecule has 4 fully saturated rings. The SMILES string of the molecule is CCC(C)CCC1CCC2C(C1)C1(CC(C)(C)C3CCC(C)CC31)CC2(C)C. The highest BCUT2D eigenvalue weighted by atomic mass is 14.7. The van der Waals surface area contributed by atoms with Gasteiger partial charge in [0.2, 0.25) is 0 Å². The summed E-state index contributed by atoms with van der Waals surface area (Å²) >= 11 is 0. The molecule has 162 valence electrons. The highest BCUT2D eigenvalue weighted by Crippen LogP contribution is 2.75. The van der Waals surface area contributed by atoms with E-state index in [1.165, 1.54) is 44.9 Å². The van der Waals surface area contributed by atoms with E-state index in [4.69, 9.17) is 0 Å². The van der Waals surface area contributed by atoms with Crippen molar-refractivity contribution in [3.05, 3.63) is 0 Å². The Morgan fingerprint density at radius 1 is 0.786 bits per heavy atom. The zero-order valence-corrected chi connectivity index (χ0v) is 20.3. The maximum absolute atomic E-state index is 2.66. The Labute approximate surface area is 177 Å². The lowest BCUT2D eigenvalue weighted by atomic mass is 9.58. The van der Waals surface area contributed by atoms with E-state index in [1.807, 2.05) is 0 Å². The summed E-state index contributed by atoms with van der Waals surface area (Å²) in [6.45, 7) is 18.0. The number of rotatable bonds is 4. The van der Waals surface area contributed by atoms with Gasteiger partial charge in [-0.1, -0.05) is 80.6 Å². The molecule has 0 aromatic carbocycles. The van der Waals surface area contributed by atoms with E-state index in [0.717, 1.165) is 41.4 Å². The Kier molecular flexibility index (Phi) is 5.54. The normalized spacial score (nSPS) is 47.7. The molecular weight excluding hydrogens is 336 g/mol. The van der Waals surface area contributed by atoms with Gasteiger partial charge in [-0.3, -0.25) is 0 Å². The van der Waals surface area contributed by atoms with Gasteiger partial charge in [0.05, 0.1) is 0 Å². The third-order valence-electron chi connectivity index (χ3n) is 10.9. The molecule has 0 amide bonds. The van der Waals surface area contributed by atoms with Gasteiger partial charge in [0, 0.05) is 0 Å². The molecule has 28 heavy (non-hydrogen) atoms. The fourth-order valence-electron chi connectivity index (χ4n) is 9.59. The maximum Gasteiger partial charge on any atom is -0.0225 e. The largest absolute Gasteiger partial charge is 0.0651 e. The fourth-order valence-corrected chi connectivity index (χ4v) is 9.59. The van der Waals surface area contributed by atoms with E-state index in [-0.39, 0.29) is 0 Å². The minimum atomic E-state index is 0.581. The Balaban J connectivity index is 1.61. The molecule has 0 aliphatic heterocycles. The molecule has 0 N–H and O–H groups in total. The molecule has 0 heteroatoms. The van der Waals surface area contributed by atoms with Gasteiger partial charge in [-0.25, -0.2) is 0 Å². The molecule has 0 nitrogen and oxygen atoms in total. The van der Waals surface area contributed by atoms with Gasteiger partial charge >= 0.3 is 0 Å². The maximum atomic E-state index is 2.66. The Morgan fingerprint density at radius 2 is 1.36 bits per heavy atom. The summed E-state index contributed by atoms with van der Waals surface area (Å²) in [5.41, 5.74) is 1.85. The average molecular weight is 387 g/mol. The summed E-state index contributed by atoms with van der Waals surface area (Å²) in [4.78, 5) is 0. The summed E-state index contributed by atoms with van der Waals surface area (Å²) in [5, 5.41) is 0. The van der Waals surface area contributed by atoms with Crippen molar-refractivity contribution in [3.63, 3.8) is 0 Å². The van der Waals surface area contributed by atoms with Crippen LogP contribution in [0.25, 0.3) is 0 Å². The van der Waals surface area contributed by atoms with Crippen molar-refractivity contribution in [2.45, 2.75) is 119 Å². The predicted octanol–water partition coefficient (Wildman–Crippen LogP) is 8.74. The van der Waals surface area contributed by atoms with Crippen molar-refractivity contribution in [3.8, 4) is 0 Å². The molecule has 4 aliphatic carbocycles. The van der Waals surface area contributed by atoms with E-state index in [1.54, 1.807) is 25.7 Å². The first kappa shape index (κ1) is 21.2. The van der Waals surface area contributed by atoms with Crippen LogP contribution in [0, 0.1) is 57.7 Å². The smallest absolute Gasteiger partial charge is 0.0225 e. The summed E-state index contributed by atoms with van der Waals surface area (Å²) in [6, 6.07) is 0. The van der Waals surface area contributed by atoms with E-state index in [2.05, 4.69) is 48.5 Å². The van der Waals surface area contributed by atoms with Crippen molar-refractivity contribution in [1.29, 1.82) is 0 Å². The Bertz CT molecular complexity index is 552. The average Bonchev–Trinajstić information content (AvgIpc) is 2.99. The first-order chi connectivity index (χ1) is 13.1. The summed E-state index contributed by atoms with van der Waals surface area (Å²) in [7, 11) is 0. The second-order valence-corrected chi connectivity index (χ2v) is 13.7. The second-order valence-electron chi connectivity index (χ2n) is 13.7. The van der Waals surface area contributed by atoms with Crippen molar-refractivity contribution in [2.75, 3.05) is 0 Å². The lowest BCUT2D eigenvalue weighted by Crippen LogP contribution is -2.39. The topological polar surface area (TPSA) is 0 Å². The number of fused-ring (bicyclic) bond motifs is 4. The first-order valence-corrected chi connectivity index (χ1v) is 13.1. The fraction of sp³-hybridized carbons (Fsp3) is 1.00. The van der Waals surface area contributed by atoms with Gasteiger partial charge < -0.3 is 0 Å². The van der Waals surface area contributed by atoms with Crippen LogP contribution in [-0.2, 0) is 0 Å². The Morgan fingerprint density at radius 3 is 1.96 bits per heavy atom. The first-order valence-electron chi connectivity index (χ1n) is 13.1. The Hall–Kier alpha value is 0. The van der Waals surface area contributed by atoms with Crippen molar-refractivity contribution in [2.24, 2.45) is 57.7 Å². The minimum absolute atomic E-state index is 0.581. The van der Waals surface area contributed by atoms with E-state index >= 15 is 0 Å². The van der Waals surface area contributed by atoms with E-state index < -0.39 is 0 Å². The molecule has 8 unspecified atom stereocenters. The van der Waals surface area contributed by atoms with Gasteiger partial charge in [0.1, 0.15) is 0 Å². The van der Waals surface area contributed by atoms with Crippen LogP contribution in [0.15, 0.2) is 0 Å². The van der Waals surface area contributed by atoms with Crippen LogP contribution in [-0.4, -0.2) is 0 Å². The van der Waals surface area contributed by atoms with Crippen LogP contribution in [0.4, 0.5) is 0 Å². The van der Waals surface area contributed by atoms with Gasteiger partial charge in [-0.15, -0.1) is 0 Å². The van der Waals surface area contributed by atoms with Crippen LogP contribution in [0.5, 0.6) is 0 Å². The molecule has 1 spiro atoms. The lowest BCUT2D eigenvalue weighted by molar-refractivity contribution is 0.0208. The van der Waals surface area contributed by atoms with Gasteiger partial charge in [0.15, 0.2) is 0 Å². The second kappa shape index (κ2) is 7.30. The van der Waals surface area contributed by atoms with Crippen LogP contribution >= 0.6 is 0 Å². The molecule has 0 heterocycles. The van der Waals surface area contributed by atoms with Crippen molar-refractivity contribution in [1.82, 2.24) is 0 Å². The van der Waals surface area contributed by atoms with Crippen molar-refractivity contribution < 1.29 is 0 Å². The molecule has 0 radical (unpaired) electrons. The van der Waals surface area contributed by atoms with E-state index in [9.17, 15) is 0 Å². The summed E-state index contributed by atoms with van der Waals surface area (Å²) in [5.74, 6) is 7.04. The number of hydrogen-bond acceptors (Lipinski definition) is 0. The minimum Gasteiger partial charge on any atom is -0.0651 e. The molecule has 0 aromatic rings. The third kappa shape index (κ3) is 3.41. The predicted molar refractivity (Wildman–Crippen MR) is 122 cm³/mol. The molecule has 0 bridgehead atoms. The quantitative estimate of drug-likeness (QED) is 0.453. The molecule has 0 saturated heterocycles.